The Labute approximate surface area is 104 Å². The lowest BCUT2D eigenvalue weighted by atomic mass is 9.83. The van der Waals surface area contributed by atoms with Crippen LogP contribution < -0.4 is 11.5 Å². The third kappa shape index (κ3) is 2.01. The molecule has 0 saturated carbocycles. The zero-order chi connectivity index (χ0) is 12.6. The molecule has 0 aromatic heterocycles. The number of hydrogen-bond donors (Lipinski definition) is 2. The van der Waals surface area contributed by atoms with Gasteiger partial charge in [-0.1, -0.05) is 27.2 Å². The standard InChI is InChI=1S/C15H24N2/c1-4-5-6-11-12(16)9-10-7-8-15(2,3)13(10)14(11)17/h9H,4-8,16-17H2,1-3H3. The van der Waals surface area contributed by atoms with Gasteiger partial charge in [0.25, 0.3) is 0 Å². The summed E-state index contributed by atoms with van der Waals surface area (Å²) in [5.41, 5.74) is 18.5. The van der Waals surface area contributed by atoms with Gasteiger partial charge >= 0.3 is 0 Å². The first-order chi connectivity index (χ1) is 7.97. The molecule has 4 N–H and O–H groups in total. The van der Waals surface area contributed by atoms with Gasteiger partial charge in [0, 0.05) is 11.4 Å². The monoisotopic (exact) mass is 232 g/mol. The molecule has 0 fully saturated rings. The molecule has 1 aromatic carbocycles. The van der Waals surface area contributed by atoms with Crippen molar-refractivity contribution in [1.29, 1.82) is 0 Å². The predicted octanol–water partition coefficient (Wildman–Crippen LogP) is 3.42. The predicted molar refractivity (Wildman–Crippen MR) is 75.2 cm³/mol. The van der Waals surface area contributed by atoms with Crippen molar-refractivity contribution < 1.29 is 0 Å². The van der Waals surface area contributed by atoms with Gasteiger partial charge in [0.05, 0.1) is 0 Å². The lowest BCUT2D eigenvalue weighted by molar-refractivity contribution is 0.523. The molecular weight excluding hydrogens is 208 g/mol. The molecule has 0 radical (unpaired) electrons. The molecule has 94 valence electrons. The van der Waals surface area contributed by atoms with E-state index < -0.39 is 0 Å². The Bertz CT molecular complexity index is 433. The molecular formula is C15H24N2. The van der Waals surface area contributed by atoms with Crippen molar-refractivity contribution in [2.75, 3.05) is 11.5 Å². The number of hydrogen-bond acceptors (Lipinski definition) is 2. The SMILES string of the molecule is CCCCc1c(N)cc2c(c1N)C(C)(C)CC2. The second-order valence-electron chi connectivity index (χ2n) is 5.88. The minimum absolute atomic E-state index is 0.216. The first-order valence-corrected chi connectivity index (χ1v) is 6.67. The third-order valence-electron chi connectivity index (χ3n) is 4.07. The number of unbranched alkanes of at least 4 members (excludes halogenated alkanes) is 1. The molecule has 17 heavy (non-hydrogen) atoms. The normalized spacial score (nSPS) is 17.1. The van der Waals surface area contributed by atoms with E-state index in [0.29, 0.717) is 0 Å². The Kier molecular flexibility index (Phi) is 3.07. The van der Waals surface area contributed by atoms with Gasteiger partial charge in [-0.3, -0.25) is 0 Å². The summed E-state index contributed by atoms with van der Waals surface area (Å²) in [7, 11) is 0. The fourth-order valence-corrected chi connectivity index (χ4v) is 3.03. The molecule has 2 heteroatoms. The van der Waals surface area contributed by atoms with E-state index >= 15 is 0 Å². The Balaban J connectivity index is 2.49. The van der Waals surface area contributed by atoms with Gasteiger partial charge in [-0.15, -0.1) is 0 Å². The maximum Gasteiger partial charge on any atom is 0.0408 e. The van der Waals surface area contributed by atoms with Crippen molar-refractivity contribution in [3.05, 3.63) is 22.8 Å². The number of benzene rings is 1. The quantitative estimate of drug-likeness (QED) is 0.785. The summed E-state index contributed by atoms with van der Waals surface area (Å²) in [6, 6.07) is 2.16. The van der Waals surface area contributed by atoms with Gasteiger partial charge in [0.2, 0.25) is 0 Å². The van der Waals surface area contributed by atoms with E-state index in [1.807, 2.05) is 0 Å². The van der Waals surface area contributed by atoms with Gasteiger partial charge in [-0.05, 0) is 53.9 Å². The van der Waals surface area contributed by atoms with Crippen LogP contribution in [0.4, 0.5) is 11.4 Å². The molecule has 0 spiro atoms. The molecule has 0 heterocycles. The molecule has 0 unspecified atom stereocenters. The topological polar surface area (TPSA) is 52.0 Å². The highest BCUT2D eigenvalue weighted by Gasteiger charge is 2.33. The van der Waals surface area contributed by atoms with Crippen molar-refractivity contribution in [1.82, 2.24) is 0 Å². The summed E-state index contributed by atoms with van der Waals surface area (Å²) in [6.07, 6.45) is 5.65. The molecule has 1 aliphatic rings. The van der Waals surface area contributed by atoms with Crippen molar-refractivity contribution >= 4 is 11.4 Å². The first-order valence-electron chi connectivity index (χ1n) is 6.67. The largest absolute Gasteiger partial charge is 0.398 e. The van der Waals surface area contributed by atoms with Crippen LogP contribution >= 0.6 is 0 Å². The van der Waals surface area contributed by atoms with Crippen molar-refractivity contribution in [3.63, 3.8) is 0 Å². The van der Waals surface area contributed by atoms with Gasteiger partial charge in [-0.2, -0.15) is 0 Å². The summed E-state index contributed by atoms with van der Waals surface area (Å²) < 4.78 is 0. The maximum atomic E-state index is 6.37. The molecule has 0 amide bonds. The average molecular weight is 232 g/mol. The van der Waals surface area contributed by atoms with Crippen LogP contribution in [0, 0.1) is 0 Å². The van der Waals surface area contributed by atoms with E-state index in [1.165, 1.54) is 29.5 Å². The summed E-state index contributed by atoms with van der Waals surface area (Å²) in [5, 5.41) is 0. The van der Waals surface area contributed by atoms with Crippen molar-refractivity contribution in [2.24, 2.45) is 0 Å². The van der Waals surface area contributed by atoms with E-state index in [1.54, 1.807) is 0 Å². The zero-order valence-electron chi connectivity index (χ0n) is 11.3. The zero-order valence-corrected chi connectivity index (χ0v) is 11.3. The van der Waals surface area contributed by atoms with Gasteiger partial charge in [-0.25, -0.2) is 0 Å². The van der Waals surface area contributed by atoms with E-state index in [4.69, 9.17) is 11.5 Å². The number of aryl methyl sites for hydroxylation is 1. The summed E-state index contributed by atoms with van der Waals surface area (Å²) in [5.74, 6) is 0. The van der Waals surface area contributed by atoms with Crippen LogP contribution in [-0.4, -0.2) is 0 Å². The highest BCUT2D eigenvalue weighted by Crippen LogP contribution is 2.44. The van der Waals surface area contributed by atoms with E-state index in [9.17, 15) is 0 Å². The van der Waals surface area contributed by atoms with E-state index in [2.05, 4.69) is 26.8 Å². The lowest BCUT2D eigenvalue weighted by Crippen LogP contribution is -2.16. The third-order valence-corrected chi connectivity index (χ3v) is 4.07. The van der Waals surface area contributed by atoms with E-state index in [-0.39, 0.29) is 5.41 Å². The lowest BCUT2D eigenvalue weighted by Gasteiger charge is -2.23. The minimum Gasteiger partial charge on any atom is -0.398 e. The molecule has 0 atom stereocenters. The van der Waals surface area contributed by atoms with Crippen LogP contribution in [-0.2, 0) is 18.3 Å². The second-order valence-corrected chi connectivity index (χ2v) is 5.88. The molecule has 2 nitrogen and oxygen atoms in total. The molecule has 0 bridgehead atoms. The highest BCUT2D eigenvalue weighted by atomic mass is 14.7. The first kappa shape index (κ1) is 12.3. The fraction of sp³-hybridized carbons (Fsp3) is 0.600. The minimum atomic E-state index is 0.216. The van der Waals surface area contributed by atoms with Gasteiger partial charge in [0.1, 0.15) is 0 Å². The Morgan fingerprint density at radius 1 is 1.29 bits per heavy atom. The summed E-state index contributed by atoms with van der Waals surface area (Å²) in [6.45, 7) is 6.77. The smallest absolute Gasteiger partial charge is 0.0408 e. The maximum absolute atomic E-state index is 6.37. The van der Waals surface area contributed by atoms with Crippen LogP contribution in [0.15, 0.2) is 6.07 Å². The molecule has 1 aliphatic carbocycles. The number of rotatable bonds is 3. The Morgan fingerprint density at radius 2 is 2.00 bits per heavy atom. The van der Waals surface area contributed by atoms with Crippen LogP contribution in [0.25, 0.3) is 0 Å². The molecule has 1 aromatic rings. The van der Waals surface area contributed by atoms with Crippen LogP contribution in [0.2, 0.25) is 0 Å². The number of nitrogen functional groups attached to an aromatic ring is 2. The number of anilines is 2. The number of nitrogens with two attached hydrogens (primary N) is 2. The highest BCUT2D eigenvalue weighted by molar-refractivity contribution is 5.71. The van der Waals surface area contributed by atoms with Gasteiger partial charge < -0.3 is 11.5 Å². The van der Waals surface area contributed by atoms with Crippen molar-refractivity contribution in [3.8, 4) is 0 Å². The van der Waals surface area contributed by atoms with E-state index in [0.717, 1.165) is 30.6 Å². The Hall–Kier alpha value is -1.18. The average Bonchev–Trinajstić information content (AvgIpc) is 2.54. The molecule has 0 saturated heterocycles. The van der Waals surface area contributed by atoms with Crippen LogP contribution in [0.5, 0.6) is 0 Å². The van der Waals surface area contributed by atoms with Crippen LogP contribution in [0.1, 0.15) is 56.7 Å². The van der Waals surface area contributed by atoms with Gasteiger partial charge in [0.15, 0.2) is 0 Å². The van der Waals surface area contributed by atoms with Crippen LogP contribution in [0.3, 0.4) is 0 Å². The molecule has 2 rings (SSSR count). The van der Waals surface area contributed by atoms with Crippen molar-refractivity contribution in [2.45, 2.75) is 58.3 Å². The Morgan fingerprint density at radius 3 is 2.65 bits per heavy atom. The fourth-order valence-electron chi connectivity index (χ4n) is 3.03. The second kappa shape index (κ2) is 4.25. The number of fused-ring (bicyclic) bond motifs is 1. The summed E-state index contributed by atoms with van der Waals surface area (Å²) in [4.78, 5) is 0. The summed E-state index contributed by atoms with van der Waals surface area (Å²) >= 11 is 0. The molecule has 0 aliphatic heterocycles.